The summed E-state index contributed by atoms with van der Waals surface area (Å²) in [6.07, 6.45) is 3.58. The Kier molecular flexibility index (Phi) is 3.63. The Morgan fingerprint density at radius 2 is 2.24 bits per heavy atom. The molecule has 1 aromatic carbocycles. The van der Waals surface area contributed by atoms with Crippen LogP contribution in [0, 0.1) is 6.92 Å². The average molecular weight is 339 g/mol. The first-order valence-electron chi connectivity index (χ1n) is 8.71. The largest absolute Gasteiger partial charge is 0.448 e. The second kappa shape index (κ2) is 5.72. The van der Waals surface area contributed by atoms with Gasteiger partial charge in [-0.15, -0.1) is 0 Å². The van der Waals surface area contributed by atoms with Crippen molar-refractivity contribution < 1.29 is 14.0 Å². The number of amides is 2. The smallest absolute Gasteiger partial charge is 0.276 e. The molecular formula is C19H21N3O3. The predicted molar refractivity (Wildman–Crippen MR) is 92.3 cm³/mol. The van der Waals surface area contributed by atoms with E-state index in [0.29, 0.717) is 24.4 Å². The highest BCUT2D eigenvalue weighted by atomic mass is 16.3. The van der Waals surface area contributed by atoms with Crippen LogP contribution in [0.15, 0.2) is 35.1 Å². The fraction of sp³-hybridized carbons (Fsp3) is 0.421. The molecule has 4 rings (SSSR count). The number of rotatable bonds is 3. The van der Waals surface area contributed by atoms with E-state index >= 15 is 0 Å². The maximum Gasteiger partial charge on any atom is 0.276 e. The Morgan fingerprint density at radius 3 is 2.96 bits per heavy atom. The molecule has 0 unspecified atom stereocenters. The van der Waals surface area contributed by atoms with E-state index in [1.54, 1.807) is 6.92 Å². The third-order valence-corrected chi connectivity index (χ3v) is 5.52. The number of likely N-dealkylation sites (tertiary alicyclic amines) is 1. The summed E-state index contributed by atoms with van der Waals surface area (Å²) in [6.45, 7) is 4.35. The van der Waals surface area contributed by atoms with Gasteiger partial charge in [0.25, 0.3) is 5.91 Å². The van der Waals surface area contributed by atoms with Crippen molar-refractivity contribution in [2.75, 3.05) is 11.9 Å². The Bertz CT molecular complexity index is 844. The number of fused-ring (bicyclic) bond motifs is 2. The lowest BCUT2D eigenvalue weighted by molar-refractivity contribution is -0.121. The third-order valence-electron chi connectivity index (χ3n) is 5.52. The quantitative estimate of drug-likeness (QED) is 0.933. The molecule has 2 amide bonds. The molecule has 1 fully saturated rings. The number of nitrogens with zero attached hydrogens (tertiary/aromatic N) is 2. The molecule has 0 aliphatic carbocycles. The fourth-order valence-corrected chi connectivity index (χ4v) is 4.37. The number of anilines is 1. The fourth-order valence-electron chi connectivity index (χ4n) is 4.37. The molecule has 3 heterocycles. The first-order chi connectivity index (χ1) is 12.1. The molecule has 1 aromatic heterocycles. The van der Waals surface area contributed by atoms with Crippen LogP contribution in [0.1, 0.15) is 48.0 Å². The summed E-state index contributed by atoms with van der Waals surface area (Å²) in [5.74, 6) is 0.357. The molecule has 1 saturated heterocycles. The van der Waals surface area contributed by atoms with Crippen molar-refractivity contribution in [3.63, 3.8) is 0 Å². The summed E-state index contributed by atoms with van der Waals surface area (Å²) in [5, 5.41) is 3.01. The van der Waals surface area contributed by atoms with E-state index < -0.39 is 5.41 Å². The van der Waals surface area contributed by atoms with E-state index in [0.717, 1.165) is 24.1 Å². The average Bonchev–Trinajstić information content (AvgIpc) is 3.27. The van der Waals surface area contributed by atoms with Gasteiger partial charge in [0.05, 0.1) is 11.5 Å². The van der Waals surface area contributed by atoms with E-state index in [4.69, 9.17) is 4.42 Å². The van der Waals surface area contributed by atoms with E-state index in [2.05, 4.69) is 17.2 Å². The van der Waals surface area contributed by atoms with Crippen LogP contribution in [0.2, 0.25) is 0 Å². The first-order valence-corrected chi connectivity index (χ1v) is 8.71. The highest BCUT2D eigenvalue weighted by Gasteiger charge is 2.58. The molecule has 130 valence electrons. The minimum atomic E-state index is -0.667. The lowest BCUT2D eigenvalue weighted by Crippen LogP contribution is -2.48. The molecule has 2 aliphatic rings. The zero-order valence-corrected chi connectivity index (χ0v) is 14.4. The molecule has 2 aromatic rings. The number of nitrogens with one attached hydrogen (secondary N) is 1. The maximum atomic E-state index is 13.0. The van der Waals surface area contributed by atoms with Gasteiger partial charge in [-0.3, -0.25) is 9.59 Å². The molecule has 1 spiro atoms. The Labute approximate surface area is 146 Å². The van der Waals surface area contributed by atoms with E-state index in [1.807, 2.05) is 29.2 Å². The molecular weight excluding hydrogens is 318 g/mol. The summed E-state index contributed by atoms with van der Waals surface area (Å²) in [6, 6.07) is 7.63. The minimum Gasteiger partial charge on any atom is -0.448 e. The van der Waals surface area contributed by atoms with Crippen molar-refractivity contribution in [1.29, 1.82) is 0 Å². The summed E-state index contributed by atoms with van der Waals surface area (Å²) >= 11 is 0. The Morgan fingerprint density at radius 1 is 1.44 bits per heavy atom. The standard InChI is InChI=1S/C19H21N3O3/c1-3-6-15-19(13-7-4-5-8-14(13)21-18(19)24)9-10-22(15)17(23)16-12(2)25-11-20-16/h4-5,7-8,11,15H,3,6,9-10H2,1-2H3,(H,21,24)/t15-,19-/m0/s1. The number of carbonyl (C=O) groups excluding carboxylic acids is 2. The Balaban J connectivity index is 1.78. The van der Waals surface area contributed by atoms with Crippen LogP contribution in [0.25, 0.3) is 0 Å². The van der Waals surface area contributed by atoms with Crippen LogP contribution in [-0.4, -0.2) is 34.3 Å². The SMILES string of the molecule is CCC[C@@H]1N(C(=O)c2ncoc2C)CC[C@@]12C(=O)Nc1ccccc12. The van der Waals surface area contributed by atoms with Crippen LogP contribution >= 0.6 is 0 Å². The molecule has 25 heavy (non-hydrogen) atoms. The van der Waals surface area contributed by atoms with Gasteiger partial charge in [0.15, 0.2) is 12.1 Å². The Hall–Kier alpha value is -2.63. The topological polar surface area (TPSA) is 75.4 Å². The van der Waals surface area contributed by atoms with Gasteiger partial charge in [0, 0.05) is 12.2 Å². The van der Waals surface area contributed by atoms with E-state index in [-0.39, 0.29) is 17.9 Å². The zero-order chi connectivity index (χ0) is 17.6. The van der Waals surface area contributed by atoms with Gasteiger partial charge >= 0.3 is 0 Å². The molecule has 0 saturated carbocycles. The number of hydrogen-bond donors (Lipinski definition) is 1. The molecule has 6 nitrogen and oxygen atoms in total. The van der Waals surface area contributed by atoms with Gasteiger partial charge in [0.1, 0.15) is 5.76 Å². The number of oxazole rings is 1. The zero-order valence-electron chi connectivity index (χ0n) is 14.4. The van der Waals surface area contributed by atoms with Crippen molar-refractivity contribution in [3.8, 4) is 0 Å². The summed E-state index contributed by atoms with van der Waals surface area (Å²) in [4.78, 5) is 31.9. The van der Waals surface area contributed by atoms with Gasteiger partial charge in [-0.05, 0) is 31.4 Å². The molecule has 6 heteroatoms. The molecule has 2 aliphatic heterocycles. The van der Waals surface area contributed by atoms with Gasteiger partial charge in [0.2, 0.25) is 5.91 Å². The van der Waals surface area contributed by atoms with Crippen molar-refractivity contribution in [1.82, 2.24) is 9.88 Å². The highest BCUT2D eigenvalue weighted by molar-refractivity contribution is 6.08. The predicted octanol–water partition coefficient (Wildman–Crippen LogP) is 2.89. The van der Waals surface area contributed by atoms with Crippen LogP contribution in [-0.2, 0) is 10.2 Å². The molecule has 1 N–H and O–H groups in total. The number of para-hydroxylation sites is 1. The van der Waals surface area contributed by atoms with E-state index in [1.165, 1.54) is 6.39 Å². The number of hydrogen-bond acceptors (Lipinski definition) is 4. The van der Waals surface area contributed by atoms with Crippen molar-refractivity contribution in [2.45, 2.75) is 44.6 Å². The van der Waals surface area contributed by atoms with Crippen LogP contribution in [0.4, 0.5) is 5.69 Å². The van der Waals surface area contributed by atoms with Gasteiger partial charge in [-0.25, -0.2) is 4.98 Å². The summed E-state index contributed by atoms with van der Waals surface area (Å²) in [5.41, 5.74) is 1.54. The summed E-state index contributed by atoms with van der Waals surface area (Å²) in [7, 11) is 0. The molecule has 0 bridgehead atoms. The van der Waals surface area contributed by atoms with Crippen LogP contribution < -0.4 is 5.32 Å². The van der Waals surface area contributed by atoms with Crippen LogP contribution in [0.5, 0.6) is 0 Å². The van der Waals surface area contributed by atoms with Gasteiger partial charge in [-0.1, -0.05) is 31.5 Å². The lowest BCUT2D eigenvalue weighted by atomic mass is 9.73. The molecule has 2 atom stereocenters. The van der Waals surface area contributed by atoms with Crippen molar-refractivity contribution in [2.24, 2.45) is 0 Å². The highest BCUT2D eigenvalue weighted by Crippen LogP contribution is 2.49. The second-order valence-electron chi connectivity index (χ2n) is 6.78. The number of aromatic nitrogens is 1. The normalized spacial score (nSPS) is 24.6. The first kappa shape index (κ1) is 15.9. The van der Waals surface area contributed by atoms with Crippen LogP contribution in [0.3, 0.4) is 0 Å². The summed E-state index contributed by atoms with van der Waals surface area (Å²) < 4.78 is 5.20. The monoisotopic (exact) mass is 339 g/mol. The van der Waals surface area contributed by atoms with Crippen molar-refractivity contribution in [3.05, 3.63) is 47.7 Å². The number of carbonyl (C=O) groups is 2. The maximum absolute atomic E-state index is 13.0. The molecule has 0 radical (unpaired) electrons. The van der Waals surface area contributed by atoms with Crippen molar-refractivity contribution >= 4 is 17.5 Å². The van der Waals surface area contributed by atoms with Gasteiger partial charge < -0.3 is 14.6 Å². The number of benzene rings is 1. The van der Waals surface area contributed by atoms with Gasteiger partial charge in [-0.2, -0.15) is 0 Å². The third kappa shape index (κ3) is 2.13. The number of aryl methyl sites for hydroxylation is 1. The minimum absolute atomic E-state index is 0.000625. The lowest BCUT2D eigenvalue weighted by Gasteiger charge is -2.33. The second-order valence-corrected chi connectivity index (χ2v) is 6.78. The van der Waals surface area contributed by atoms with E-state index in [9.17, 15) is 9.59 Å².